The second kappa shape index (κ2) is 7.32. The number of rotatable bonds is 6. The number of aromatic amines is 1. The molecule has 0 aliphatic carbocycles. The molecule has 0 bridgehead atoms. The van der Waals surface area contributed by atoms with Crippen LogP contribution in [0.25, 0.3) is 22.4 Å². The van der Waals surface area contributed by atoms with Gasteiger partial charge in [0.25, 0.3) is 5.22 Å². The smallest absolute Gasteiger partial charge is 0.277 e. The van der Waals surface area contributed by atoms with Crippen molar-refractivity contribution in [1.82, 2.24) is 20.5 Å². The standard InChI is InChI=1S/C19H18N4O3S/c1-11-12(2)21-16-6-5-13(8-15(11)16)18-22-23-19(26-18)27-10-17(24)20-9-14-4-3-7-25-14/h3-8,21H,9-10H2,1-2H3,(H,20,24). The molecule has 3 heterocycles. The predicted octanol–water partition coefficient (Wildman–Crippen LogP) is 3.84. The number of hydrogen-bond donors (Lipinski definition) is 2. The number of hydrogen-bond acceptors (Lipinski definition) is 6. The number of furan rings is 1. The molecular formula is C19H18N4O3S. The van der Waals surface area contributed by atoms with E-state index in [-0.39, 0.29) is 11.7 Å². The van der Waals surface area contributed by atoms with E-state index in [9.17, 15) is 4.79 Å². The number of aryl methyl sites for hydroxylation is 2. The Hall–Kier alpha value is -3.00. The molecule has 1 amide bonds. The lowest BCUT2D eigenvalue weighted by atomic mass is 10.1. The van der Waals surface area contributed by atoms with Crippen molar-refractivity contribution in [2.45, 2.75) is 25.6 Å². The minimum Gasteiger partial charge on any atom is -0.467 e. The monoisotopic (exact) mass is 382 g/mol. The SMILES string of the molecule is Cc1[nH]c2ccc(-c3nnc(SCC(=O)NCc4ccco4)o3)cc2c1C. The highest BCUT2D eigenvalue weighted by molar-refractivity contribution is 7.99. The number of nitrogens with zero attached hydrogens (tertiary/aromatic N) is 2. The van der Waals surface area contributed by atoms with Gasteiger partial charge in [-0.05, 0) is 49.7 Å². The van der Waals surface area contributed by atoms with Crippen molar-refractivity contribution >= 4 is 28.6 Å². The first kappa shape index (κ1) is 17.4. The molecule has 8 heteroatoms. The molecule has 0 fully saturated rings. The molecule has 1 aromatic carbocycles. The molecule has 0 aliphatic heterocycles. The van der Waals surface area contributed by atoms with E-state index in [4.69, 9.17) is 8.83 Å². The van der Waals surface area contributed by atoms with Gasteiger partial charge in [0.2, 0.25) is 11.8 Å². The fraction of sp³-hybridized carbons (Fsp3) is 0.211. The first-order valence-electron chi connectivity index (χ1n) is 8.45. The summed E-state index contributed by atoms with van der Waals surface area (Å²) in [5.41, 5.74) is 4.28. The molecular weight excluding hydrogens is 364 g/mol. The van der Waals surface area contributed by atoms with Crippen LogP contribution in [0.3, 0.4) is 0 Å². The minimum absolute atomic E-state index is 0.129. The Balaban J connectivity index is 1.39. The van der Waals surface area contributed by atoms with Crippen molar-refractivity contribution < 1.29 is 13.6 Å². The quantitative estimate of drug-likeness (QED) is 0.492. The Bertz CT molecular complexity index is 1080. The summed E-state index contributed by atoms with van der Waals surface area (Å²) in [5.74, 6) is 1.21. The fourth-order valence-corrected chi connectivity index (χ4v) is 3.35. The van der Waals surface area contributed by atoms with Crippen LogP contribution in [0.5, 0.6) is 0 Å². The average Bonchev–Trinajstić information content (AvgIpc) is 3.40. The normalized spacial score (nSPS) is 11.2. The third kappa shape index (κ3) is 3.75. The zero-order chi connectivity index (χ0) is 18.8. The van der Waals surface area contributed by atoms with Gasteiger partial charge in [0.1, 0.15) is 5.76 Å². The number of thioether (sulfide) groups is 1. The molecule has 3 aromatic heterocycles. The zero-order valence-electron chi connectivity index (χ0n) is 14.9. The van der Waals surface area contributed by atoms with Gasteiger partial charge in [-0.2, -0.15) is 0 Å². The number of nitrogens with one attached hydrogen (secondary N) is 2. The molecule has 138 valence electrons. The van der Waals surface area contributed by atoms with Gasteiger partial charge in [-0.1, -0.05) is 11.8 Å². The number of H-pyrrole nitrogens is 1. The van der Waals surface area contributed by atoms with E-state index < -0.39 is 0 Å². The average molecular weight is 382 g/mol. The summed E-state index contributed by atoms with van der Waals surface area (Å²) >= 11 is 1.20. The van der Waals surface area contributed by atoms with E-state index in [0.29, 0.717) is 23.4 Å². The highest BCUT2D eigenvalue weighted by atomic mass is 32.2. The lowest BCUT2D eigenvalue weighted by Crippen LogP contribution is -2.24. The van der Waals surface area contributed by atoms with E-state index in [1.165, 1.54) is 17.3 Å². The second-order valence-electron chi connectivity index (χ2n) is 6.15. The van der Waals surface area contributed by atoms with Gasteiger partial charge >= 0.3 is 0 Å². The van der Waals surface area contributed by atoms with Crippen LogP contribution in [0.1, 0.15) is 17.0 Å². The maximum atomic E-state index is 11.9. The number of fused-ring (bicyclic) bond motifs is 1. The Morgan fingerprint density at radius 3 is 2.96 bits per heavy atom. The highest BCUT2D eigenvalue weighted by Crippen LogP contribution is 2.28. The van der Waals surface area contributed by atoms with Gasteiger partial charge in [0.15, 0.2) is 0 Å². The fourth-order valence-electron chi connectivity index (χ4n) is 2.76. The van der Waals surface area contributed by atoms with Crippen molar-refractivity contribution in [3.05, 3.63) is 53.6 Å². The van der Waals surface area contributed by atoms with E-state index in [1.54, 1.807) is 12.3 Å². The van der Waals surface area contributed by atoms with Crippen molar-refractivity contribution in [3.8, 4) is 11.5 Å². The van der Waals surface area contributed by atoms with Crippen LogP contribution in [0, 0.1) is 13.8 Å². The first-order valence-corrected chi connectivity index (χ1v) is 9.43. The molecule has 0 aliphatic rings. The van der Waals surface area contributed by atoms with Gasteiger partial charge in [-0.3, -0.25) is 4.79 Å². The van der Waals surface area contributed by atoms with Crippen molar-refractivity contribution in [3.63, 3.8) is 0 Å². The van der Waals surface area contributed by atoms with Crippen LogP contribution in [-0.4, -0.2) is 26.8 Å². The largest absolute Gasteiger partial charge is 0.467 e. The summed E-state index contributed by atoms with van der Waals surface area (Å²) in [5, 5.41) is 12.4. The van der Waals surface area contributed by atoms with Crippen LogP contribution >= 0.6 is 11.8 Å². The first-order chi connectivity index (χ1) is 13.1. The molecule has 4 rings (SSSR count). The molecule has 7 nitrogen and oxygen atoms in total. The van der Waals surface area contributed by atoms with Crippen molar-refractivity contribution in [1.29, 1.82) is 0 Å². The van der Waals surface area contributed by atoms with E-state index in [2.05, 4.69) is 27.4 Å². The van der Waals surface area contributed by atoms with Crippen LogP contribution in [0.4, 0.5) is 0 Å². The lowest BCUT2D eigenvalue weighted by Gasteiger charge is -2.01. The number of benzene rings is 1. The second-order valence-corrected chi connectivity index (χ2v) is 7.08. The Kier molecular flexibility index (Phi) is 4.72. The molecule has 0 spiro atoms. The summed E-state index contributed by atoms with van der Waals surface area (Å²) < 4.78 is 10.9. The Morgan fingerprint density at radius 2 is 2.15 bits per heavy atom. The Morgan fingerprint density at radius 1 is 1.26 bits per heavy atom. The number of aromatic nitrogens is 3. The van der Waals surface area contributed by atoms with Gasteiger partial charge in [0.05, 0.1) is 18.6 Å². The van der Waals surface area contributed by atoms with Crippen LogP contribution in [0.2, 0.25) is 0 Å². The molecule has 27 heavy (non-hydrogen) atoms. The molecule has 4 aromatic rings. The van der Waals surface area contributed by atoms with Gasteiger partial charge in [0, 0.05) is 22.2 Å². The number of carbonyl (C=O) groups excluding carboxylic acids is 1. The Labute approximate surface area is 159 Å². The number of amides is 1. The summed E-state index contributed by atoms with van der Waals surface area (Å²) in [7, 11) is 0. The number of carbonyl (C=O) groups is 1. The predicted molar refractivity (Wildman–Crippen MR) is 102 cm³/mol. The van der Waals surface area contributed by atoms with Gasteiger partial charge < -0.3 is 19.1 Å². The maximum Gasteiger partial charge on any atom is 0.277 e. The third-order valence-corrected chi connectivity index (χ3v) is 5.15. The van der Waals surface area contributed by atoms with Crippen molar-refractivity contribution in [2.24, 2.45) is 0 Å². The summed E-state index contributed by atoms with van der Waals surface area (Å²) in [6, 6.07) is 9.57. The van der Waals surface area contributed by atoms with Crippen molar-refractivity contribution in [2.75, 3.05) is 5.75 Å². The highest BCUT2D eigenvalue weighted by Gasteiger charge is 2.13. The summed E-state index contributed by atoms with van der Waals surface area (Å²) in [4.78, 5) is 15.3. The lowest BCUT2D eigenvalue weighted by molar-refractivity contribution is -0.118. The zero-order valence-corrected chi connectivity index (χ0v) is 15.7. The molecule has 0 saturated heterocycles. The molecule has 2 N–H and O–H groups in total. The topological polar surface area (TPSA) is 97.0 Å². The van der Waals surface area contributed by atoms with Gasteiger partial charge in [-0.25, -0.2) is 0 Å². The van der Waals surface area contributed by atoms with Crippen LogP contribution < -0.4 is 5.32 Å². The molecule has 0 saturated carbocycles. The van der Waals surface area contributed by atoms with Crippen LogP contribution in [0.15, 0.2) is 50.7 Å². The summed E-state index contributed by atoms with van der Waals surface area (Å²) in [6.45, 7) is 4.48. The maximum absolute atomic E-state index is 11.9. The van der Waals surface area contributed by atoms with E-state index >= 15 is 0 Å². The molecule has 0 atom stereocenters. The van der Waals surface area contributed by atoms with E-state index in [1.807, 2.05) is 31.2 Å². The minimum atomic E-state index is -0.129. The summed E-state index contributed by atoms with van der Waals surface area (Å²) in [6.07, 6.45) is 1.57. The van der Waals surface area contributed by atoms with E-state index in [0.717, 1.165) is 22.2 Å². The molecule has 0 unspecified atom stereocenters. The molecule has 0 radical (unpaired) electrons. The third-order valence-electron chi connectivity index (χ3n) is 4.33. The van der Waals surface area contributed by atoms with Gasteiger partial charge in [-0.15, -0.1) is 10.2 Å². The van der Waals surface area contributed by atoms with Crippen LogP contribution in [-0.2, 0) is 11.3 Å².